The third-order valence-corrected chi connectivity index (χ3v) is 11.1. The van der Waals surface area contributed by atoms with Crippen LogP contribution in [0, 0.1) is 11.6 Å². The van der Waals surface area contributed by atoms with Gasteiger partial charge >= 0.3 is 11.9 Å². The fourth-order valence-electron chi connectivity index (χ4n) is 7.61. The predicted molar refractivity (Wildman–Crippen MR) is 254 cm³/mol. The van der Waals surface area contributed by atoms with Crippen LogP contribution in [0.4, 0.5) is 8.78 Å². The Morgan fingerprint density at radius 3 is 1.41 bits per heavy atom. The number of nitrogens with zero attached hydrogens (tertiary/aromatic N) is 4. The maximum Gasteiger partial charge on any atom is 0.340 e. The van der Waals surface area contributed by atoms with Gasteiger partial charge in [-0.05, 0) is 61.4 Å². The Morgan fingerprint density at radius 2 is 0.971 bits per heavy atom. The van der Waals surface area contributed by atoms with E-state index in [1.54, 1.807) is 6.07 Å². The highest BCUT2D eigenvalue weighted by atomic mass is 19.1. The maximum atomic E-state index is 14.5. The first-order chi connectivity index (χ1) is 34.1. The quantitative estimate of drug-likeness (QED) is 0.0325. The standard InChI is InChI=1S/C51H46F2N8O9/c1-67-51(66)35-27-33(15-17-39(35)53)41-29-37(43-45(59-61-47(43)57-41)31-12-6-3-7-13-31)49(63)55-19-9-21-69-23-25-70-24-22-68-20-8-18-54-48(62)36-28-40(32-14-16-38(52)34(26-32)50(64)65)56-46-42(36)44(58-60-46)30-10-4-2-5-11-30/h2-7,10-17,26-29H,8-9,18-25H2,1H3,(H,54,62)(H,55,63)(H,64,65)(H,56,58,60)(H,57,59,61). The number of hydrogen-bond acceptors (Lipinski definition) is 12. The van der Waals surface area contributed by atoms with Crippen LogP contribution < -0.4 is 10.6 Å². The van der Waals surface area contributed by atoms with E-state index < -0.39 is 35.0 Å². The van der Waals surface area contributed by atoms with Crippen molar-refractivity contribution < 1.29 is 52.0 Å². The van der Waals surface area contributed by atoms with Crippen molar-refractivity contribution in [3.8, 4) is 45.0 Å². The number of amides is 2. The summed E-state index contributed by atoms with van der Waals surface area (Å²) in [4.78, 5) is 60.5. The molecule has 5 N–H and O–H groups in total. The molecule has 4 aromatic carbocycles. The average molecular weight is 953 g/mol. The number of esters is 1. The van der Waals surface area contributed by atoms with Crippen molar-refractivity contribution in [2.75, 3.05) is 59.8 Å². The number of H-pyrrole nitrogens is 2. The second-order valence-electron chi connectivity index (χ2n) is 15.7. The zero-order valence-electron chi connectivity index (χ0n) is 37.7. The van der Waals surface area contributed by atoms with Crippen molar-refractivity contribution in [3.05, 3.63) is 143 Å². The van der Waals surface area contributed by atoms with Gasteiger partial charge in [0.05, 0.1) is 89.3 Å². The average Bonchev–Trinajstić information content (AvgIpc) is 4.02. The SMILES string of the molecule is COC(=O)c1cc(-c2cc(C(=O)NCCCOCCOCCOCCCNC(=O)c3cc(-c4ccc(F)c(C(=O)O)c4)nc4n[nH]c(-c5ccccc5)c34)c3c(-c4ccccc4)[nH]nc3n2)ccc1F. The lowest BCUT2D eigenvalue weighted by atomic mass is 10.0. The Hall–Kier alpha value is -8.26. The monoisotopic (exact) mass is 952 g/mol. The summed E-state index contributed by atoms with van der Waals surface area (Å²) in [7, 11) is 1.16. The first-order valence-corrected chi connectivity index (χ1v) is 22.2. The molecule has 4 aromatic heterocycles. The molecule has 0 radical (unpaired) electrons. The molecule has 0 saturated heterocycles. The number of rotatable bonds is 22. The zero-order valence-corrected chi connectivity index (χ0v) is 37.7. The number of fused-ring (bicyclic) bond motifs is 2. The highest BCUT2D eigenvalue weighted by Gasteiger charge is 2.24. The number of carboxylic acids is 1. The van der Waals surface area contributed by atoms with Gasteiger partial charge in [-0.2, -0.15) is 10.2 Å². The van der Waals surface area contributed by atoms with E-state index in [9.17, 15) is 33.1 Å². The smallest absolute Gasteiger partial charge is 0.340 e. The Labute approximate surface area is 398 Å². The van der Waals surface area contributed by atoms with Gasteiger partial charge in [0, 0.05) is 48.6 Å². The second-order valence-corrected chi connectivity index (χ2v) is 15.7. The molecule has 0 bridgehead atoms. The summed E-state index contributed by atoms with van der Waals surface area (Å²) < 4.78 is 50.5. The number of halogens is 2. The van der Waals surface area contributed by atoms with Crippen LogP contribution >= 0.6 is 0 Å². The van der Waals surface area contributed by atoms with E-state index >= 15 is 0 Å². The number of carbonyl (C=O) groups excluding carboxylic acids is 3. The Bertz CT molecular complexity index is 3170. The van der Waals surface area contributed by atoms with Gasteiger partial charge in [-0.3, -0.25) is 19.8 Å². The summed E-state index contributed by atoms with van der Waals surface area (Å²) in [5, 5.41) is 31.0. The lowest BCUT2D eigenvalue weighted by Crippen LogP contribution is -2.26. The third-order valence-electron chi connectivity index (χ3n) is 11.1. The molecular weight excluding hydrogens is 907 g/mol. The second kappa shape index (κ2) is 22.7. The fourth-order valence-corrected chi connectivity index (χ4v) is 7.61. The molecule has 0 saturated carbocycles. The highest BCUT2D eigenvalue weighted by molar-refractivity contribution is 6.12. The minimum Gasteiger partial charge on any atom is -0.478 e. The van der Waals surface area contributed by atoms with E-state index in [4.69, 9.17) is 18.9 Å². The van der Waals surface area contributed by atoms with Crippen LogP contribution in [0.3, 0.4) is 0 Å². The van der Waals surface area contributed by atoms with E-state index in [-0.39, 0.29) is 46.1 Å². The third kappa shape index (κ3) is 11.2. The highest BCUT2D eigenvalue weighted by Crippen LogP contribution is 2.34. The fraction of sp³-hybridized carbons (Fsp3) is 0.216. The van der Waals surface area contributed by atoms with Gasteiger partial charge in [-0.1, -0.05) is 60.7 Å². The van der Waals surface area contributed by atoms with E-state index in [1.807, 2.05) is 60.7 Å². The van der Waals surface area contributed by atoms with Gasteiger partial charge in [0.15, 0.2) is 11.3 Å². The van der Waals surface area contributed by atoms with Crippen molar-refractivity contribution in [1.82, 2.24) is 41.0 Å². The Kier molecular flexibility index (Phi) is 15.6. The van der Waals surface area contributed by atoms with Gasteiger partial charge in [0.25, 0.3) is 11.8 Å². The van der Waals surface area contributed by atoms with Crippen molar-refractivity contribution in [3.63, 3.8) is 0 Å². The number of methoxy groups -OCH3 is 1. The van der Waals surface area contributed by atoms with Gasteiger partial charge in [0.2, 0.25) is 0 Å². The molecule has 0 aliphatic carbocycles. The molecule has 358 valence electrons. The first kappa shape index (κ1) is 48.2. The molecule has 0 spiro atoms. The van der Waals surface area contributed by atoms with Gasteiger partial charge < -0.3 is 34.7 Å². The molecule has 4 heterocycles. The van der Waals surface area contributed by atoms with Gasteiger partial charge in [0.1, 0.15) is 11.6 Å². The van der Waals surface area contributed by atoms with Crippen LogP contribution in [0.5, 0.6) is 0 Å². The summed E-state index contributed by atoms with van der Waals surface area (Å²) in [5.41, 5.74) is 4.28. The van der Waals surface area contributed by atoms with Crippen LogP contribution in [-0.2, 0) is 18.9 Å². The van der Waals surface area contributed by atoms with E-state index in [0.717, 1.165) is 30.4 Å². The van der Waals surface area contributed by atoms with Crippen LogP contribution in [0.2, 0.25) is 0 Å². The minimum atomic E-state index is -1.43. The van der Waals surface area contributed by atoms with Crippen molar-refractivity contribution in [2.24, 2.45) is 0 Å². The number of ether oxygens (including phenoxy) is 4. The molecule has 0 fully saturated rings. The molecule has 17 nitrogen and oxygen atoms in total. The molecule has 0 atom stereocenters. The predicted octanol–water partition coefficient (Wildman–Crippen LogP) is 7.65. The number of aromatic carboxylic acids is 1. The summed E-state index contributed by atoms with van der Waals surface area (Å²) in [6, 6.07) is 29.4. The molecule has 19 heteroatoms. The summed E-state index contributed by atoms with van der Waals surface area (Å²) in [5.74, 6) is -4.70. The molecular formula is C51H46F2N8O9. The van der Waals surface area contributed by atoms with E-state index in [2.05, 4.69) is 41.0 Å². The number of aromatic amines is 2. The van der Waals surface area contributed by atoms with Crippen molar-refractivity contribution >= 4 is 45.8 Å². The lowest BCUT2D eigenvalue weighted by molar-refractivity contribution is 0.0139. The summed E-state index contributed by atoms with van der Waals surface area (Å²) in [6.45, 7) is 2.57. The number of nitrogens with one attached hydrogen (secondary N) is 4. The molecule has 8 aromatic rings. The minimum absolute atomic E-state index is 0.233. The molecule has 0 aliphatic rings. The Morgan fingerprint density at radius 1 is 0.543 bits per heavy atom. The first-order valence-electron chi connectivity index (χ1n) is 22.2. The molecule has 0 unspecified atom stereocenters. The van der Waals surface area contributed by atoms with Crippen LogP contribution in [0.1, 0.15) is 54.3 Å². The van der Waals surface area contributed by atoms with Crippen LogP contribution in [0.25, 0.3) is 67.1 Å². The molecule has 2 amide bonds. The lowest BCUT2D eigenvalue weighted by Gasteiger charge is -2.11. The van der Waals surface area contributed by atoms with Crippen molar-refractivity contribution in [2.45, 2.75) is 12.8 Å². The summed E-state index contributed by atoms with van der Waals surface area (Å²) in [6.07, 6.45) is 1.01. The summed E-state index contributed by atoms with van der Waals surface area (Å²) >= 11 is 0. The van der Waals surface area contributed by atoms with Gasteiger partial charge in [-0.15, -0.1) is 0 Å². The molecule has 8 rings (SSSR count). The Balaban J connectivity index is 0.767. The van der Waals surface area contributed by atoms with Gasteiger partial charge in [-0.25, -0.2) is 28.3 Å². The van der Waals surface area contributed by atoms with Crippen molar-refractivity contribution in [1.29, 1.82) is 0 Å². The van der Waals surface area contributed by atoms with Crippen LogP contribution in [0.15, 0.2) is 109 Å². The number of hydrogen-bond donors (Lipinski definition) is 5. The number of carboxylic acid groups (broad SMARTS) is 1. The molecule has 70 heavy (non-hydrogen) atoms. The topological polar surface area (TPSA) is 233 Å². The number of carbonyl (C=O) groups is 4. The largest absolute Gasteiger partial charge is 0.478 e. The number of aromatic nitrogens is 6. The number of benzene rings is 4. The maximum absolute atomic E-state index is 14.5. The normalized spacial score (nSPS) is 11.2. The molecule has 0 aliphatic heterocycles. The van der Waals surface area contributed by atoms with E-state index in [1.165, 1.54) is 30.3 Å². The van der Waals surface area contributed by atoms with Crippen LogP contribution in [-0.4, -0.2) is 119 Å². The zero-order chi connectivity index (χ0) is 49.0. The van der Waals surface area contributed by atoms with E-state index in [0.29, 0.717) is 98.0 Å². The number of pyridine rings is 2.